The molecule has 5 heteroatoms. The van der Waals surface area contributed by atoms with Gasteiger partial charge in [0.05, 0.1) is 17.4 Å². The fourth-order valence-electron chi connectivity index (χ4n) is 3.46. The number of carboxylic acid groups (broad SMARTS) is 1. The van der Waals surface area contributed by atoms with E-state index in [4.69, 9.17) is 4.74 Å². The fraction of sp³-hybridized carbons (Fsp3) is 0.286. The maximum atomic E-state index is 12.6. The van der Waals surface area contributed by atoms with E-state index < -0.39 is 29.7 Å². The van der Waals surface area contributed by atoms with E-state index >= 15 is 0 Å². The van der Waals surface area contributed by atoms with Crippen LogP contribution in [0.25, 0.3) is 11.1 Å². The van der Waals surface area contributed by atoms with E-state index in [0.717, 1.165) is 18.4 Å². The summed E-state index contributed by atoms with van der Waals surface area (Å²) in [5, 5.41) is 9.31. The molecule has 26 heavy (non-hydrogen) atoms. The molecule has 2 aromatic rings. The summed E-state index contributed by atoms with van der Waals surface area (Å²) in [4.78, 5) is 36.4. The number of carbonyl (C=O) groups excluding carboxylic acids is 2. The van der Waals surface area contributed by atoms with E-state index in [1.54, 1.807) is 18.2 Å². The third kappa shape index (κ3) is 3.82. The zero-order chi connectivity index (χ0) is 18.5. The lowest BCUT2D eigenvalue weighted by Crippen LogP contribution is -2.34. The van der Waals surface area contributed by atoms with Crippen LogP contribution in [0.1, 0.15) is 36.0 Å². The lowest BCUT2D eigenvalue weighted by Gasteiger charge is -2.26. The predicted octanol–water partition coefficient (Wildman–Crippen LogP) is 3.93. The van der Waals surface area contributed by atoms with E-state index in [0.29, 0.717) is 18.4 Å². The van der Waals surface area contributed by atoms with Crippen LogP contribution in [0.2, 0.25) is 0 Å². The van der Waals surface area contributed by atoms with Crippen LogP contribution >= 0.6 is 0 Å². The second kappa shape index (κ2) is 7.95. The minimum absolute atomic E-state index is 0.287. The summed E-state index contributed by atoms with van der Waals surface area (Å²) in [6, 6.07) is 16.2. The van der Waals surface area contributed by atoms with Gasteiger partial charge in [-0.2, -0.15) is 0 Å². The van der Waals surface area contributed by atoms with Gasteiger partial charge in [0.25, 0.3) is 0 Å². The molecule has 0 saturated heterocycles. The summed E-state index contributed by atoms with van der Waals surface area (Å²) in [7, 11) is 0. The molecule has 0 heterocycles. The van der Waals surface area contributed by atoms with E-state index in [1.165, 1.54) is 0 Å². The number of hydrogen-bond acceptors (Lipinski definition) is 4. The summed E-state index contributed by atoms with van der Waals surface area (Å²) >= 11 is 0. The highest BCUT2D eigenvalue weighted by Gasteiger charge is 2.38. The first-order valence-corrected chi connectivity index (χ1v) is 8.71. The average molecular weight is 352 g/mol. The lowest BCUT2D eigenvalue weighted by molar-refractivity contribution is -0.156. The molecule has 5 nitrogen and oxygen atoms in total. The summed E-state index contributed by atoms with van der Waals surface area (Å²) in [5.74, 6) is -4.06. The first-order chi connectivity index (χ1) is 12.6. The summed E-state index contributed by atoms with van der Waals surface area (Å²) in [6.45, 7) is 0. The number of hydrogen-bond donors (Lipinski definition) is 1. The van der Waals surface area contributed by atoms with Crippen molar-refractivity contribution in [2.45, 2.75) is 25.7 Å². The molecule has 1 fully saturated rings. The molecule has 1 aliphatic carbocycles. The van der Waals surface area contributed by atoms with Gasteiger partial charge in [0.1, 0.15) is 0 Å². The monoisotopic (exact) mass is 352 g/mol. The summed E-state index contributed by atoms with van der Waals surface area (Å²) < 4.78 is 5.08. The van der Waals surface area contributed by atoms with Crippen LogP contribution in [0.5, 0.6) is 0 Å². The molecular weight excluding hydrogens is 332 g/mol. The Morgan fingerprint density at radius 3 is 2.15 bits per heavy atom. The average Bonchev–Trinajstić information content (AvgIpc) is 2.68. The zero-order valence-corrected chi connectivity index (χ0v) is 14.3. The molecule has 2 unspecified atom stereocenters. The molecule has 1 aliphatic rings. The Balaban J connectivity index is 1.80. The van der Waals surface area contributed by atoms with Crippen LogP contribution in [0.4, 0.5) is 0 Å². The zero-order valence-electron chi connectivity index (χ0n) is 14.3. The number of carboxylic acids is 1. The molecule has 2 aromatic carbocycles. The second-order valence-corrected chi connectivity index (χ2v) is 6.46. The number of benzene rings is 2. The smallest absolute Gasteiger partial charge is 0.346 e. The fourth-order valence-corrected chi connectivity index (χ4v) is 3.46. The Morgan fingerprint density at radius 1 is 0.846 bits per heavy atom. The Morgan fingerprint density at radius 2 is 1.46 bits per heavy atom. The minimum atomic E-state index is -1.01. The SMILES string of the molecule is O=C(OC(=O)C1CCCCC1C(=O)O)c1ccccc1-c1ccccc1. The largest absolute Gasteiger partial charge is 0.481 e. The predicted molar refractivity (Wildman–Crippen MR) is 95.4 cm³/mol. The molecule has 3 rings (SSSR count). The van der Waals surface area contributed by atoms with Gasteiger partial charge in [0.2, 0.25) is 0 Å². The third-order valence-electron chi connectivity index (χ3n) is 4.81. The highest BCUT2D eigenvalue weighted by atomic mass is 16.6. The van der Waals surface area contributed by atoms with Gasteiger partial charge in [-0.05, 0) is 30.0 Å². The molecule has 0 amide bonds. The van der Waals surface area contributed by atoms with Crippen LogP contribution in [0, 0.1) is 11.8 Å². The van der Waals surface area contributed by atoms with Gasteiger partial charge < -0.3 is 9.84 Å². The van der Waals surface area contributed by atoms with Crippen molar-refractivity contribution in [1.29, 1.82) is 0 Å². The second-order valence-electron chi connectivity index (χ2n) is 6.46. The molecule has 1 N–H and O–H groups in total. The Labute approximate surface area is 151 Å². The Kier molecular flexibility index (Phi) is 5.46. The van der Waals surface area contributed by atoms with Gasteiger partial charge in [-0.25, -0.2) is 4.79 Å². The summed E-state index contributed by atoms with van der Waals surface area (Å²) in [6.07, 6.45) is 2.40. The van der Waals surface area contributed by atoms with Crippen molar-refractivity contribution in [3.8, 4) is 11.1 Å². The highest BCUT2D eigenvalue weighted by Crippen LogP contribution is 2.32. The number of ether oxygens (including phenoxy) is 1. The molecule has 0 bridgehead atoms. The van der Waals surface area contributed by atoms with Crippen molar-refractivity contribution in [2.75, 3.05) is 0 Å². The van der Waals surface area contributed by atoms with E-state index in [2.05, 4.69) is 0 Å². The van der Waals surface area contributed by atoms with Gasteiger partial charge in [-0.3, -0.25) is 9.59 Å². The first kappa shape index (κ1) is 17.9. The van der Waals surface area contributed by atoms with Crippen LogP contribution < -0.4 is 0 Å². The van der Waals surface area contributed by atoms with Crippen molar-refractivity contribution >= 4 is 17.9 Å². The number of rotatable bonds is 4. The minimum Gasteiger partial charge on any atom is -0.481 e. The molecule has 134 valence electrons. The topological polar surface area (TPSA) is 80.7 Å². The van der Waals surface area contributed by atoms with Crippen LogP contribution in [0.3, 0.4) is 0 Å². The first-order valence-electron chi connectivity index (χ1n) is 8.71. The molecule has 0 radical (unpaired) electrons. The number of aliphatic carboxylic acids is 1. The van der Waals surface area contributed by atoms with Crippen LogP contribution in [0.15, 0.2) is 54.6 Å². The molecule has 1 saturated carbocycles. The van der Waals surface area contributed by atoms with Crippen LogP contribution in [-0.2, 0) is 14.3 Å². The number of carbonyl (C=O) groups is 3. The lowest BCUT2D eigenvalue weighted by atomic mass is 9.79. The van der Waals surface area contributed by atoms with Crippen LogP contribution in [-0.4, -0.2) is 23.0 Å². The van der Waals surface area contributed by atoms with E-state index in [-0.39, 0.29) is 5.56 Å². The normalized spacial score (nSPS) is 19.5. The molecule has 0 aromatic heterocycles. The van der Waals surface area contributed by atoms with Gasteiger partial charge in [0.15, 0.2) is 0 Å². The standard InChI is InChI=1S/C21H20O5/c22-19(23)16-11-5-7-13-18(16)21(25)26-20(24)17-12-6-4-10-15(17)14-8-2-1-3-9-14/h1-4,6,8-10,12,16,18H,5,7,11,13H2,(H,22,23). The maximum Gasteiger partial charge on any atom is 0.346 e. The molecular formula is C21H20O5. The van der Waals surface area contributed by atoms with Crippen molar-refractivity contribution < 1.29 is 24.2 Å². The summed E-state index contributed by atoms with van der Waals surface area (Å²) in [5.41, 5.74) is 1.80. The van der Waals surface area contributed by atoms with Crippen molar-refractivity contribution in [3.63, 3.8) is 0 Å². The molecule has 2 atom stereocenters. The molecule has 0 aliphatic heterocycles. The van der Waals surface area contributed by atoms with Gasteiger partial charge in [-0.1, -0.05) is 61.4 Å². The van der Waals surface area contributed by atoms with Crippen molar-refractivity contribution in [3.05, 3.63) is 60.2 Å². The van der Waals surface area contributed by atoms with Gasteiger partial charge in [0, 0.05) is 0 Å². The third-order valence-corrected chi connectivity index (χ3v) is 4.81. The molecule has 0 spiro atoms. The Hall–Kier alpha value is -2.95. The van der Waals surface area contributed by atoms with Crippen molar-refractivity contribution in [2.24, 2.45) is 11.8 Å². The van der Waals surface area contributed by atoms with Crippen molar-refractivity contribution in [1.82, 2.24) is 0 Å². The Bertz CT molecular complexity index is 812. The van der Waals surface area contributed by atoms with Gasteiger partial charge >= 0.3 is 17.9 Å². The van der Waals surface area contributed by atoms with E-state index in [1.807, 2.05) is 36.4 Å². The quantitative estimate of drug-likeness (QED) is 0.666. The van der Waals surface area contributed by atoms with Gasteiger partial charge in [-0.15, -0.1) is 0 Å². The number of esters is 2. The highest BCUT2D eigenvalue weighted by molar-refractivity contribution is 6.02. The van der Waals surface area contributed by atoms with E-state index in [9.17, 15) is 19.5 Å². The maximum absolute atomic E-state index is 12.6.